The molecule has 1 saturated heterocycles. The average molecular weight is 321 g/mol. The third-order valence-corrected chi connectivity index (χ3v) is 6.58. The monoisotopic (exact) mass is 321 g/mol. The van der Waals surface area contributed by atoms with Crippen LogP contribution in [0.25, 0.3) is 11.5 Å². The summed E-state index contributed by atoms with van der Waals surface area (Å²) >= 11 is 3.90. The molecule has 2 heterocycles. The summed E-state index contributed by atoms with van der Waals surface area (Å²) < 4.78 is 5.47. The third kappa shape index (κ3) is 3.44. The Morgan fingerprint density at radius 2 is 2.19 bits per heavy atom. The molecule has 3 rings (SSSR count). The van der Waals surface area contributed by atoms with E-state index in [9.17, 15) is 0 Å². The smallest absolute Gasteiger partial charge is 0.257 e. The molecular weight excluding hydrogens is 302 g/mol. The van der Waals surface area contributed by atoms with E-state index in [-0.39, 0.29) is 0 Å². The maximum atomic E-state index is 5.61. The second kappa shape index (κ2) is 6.85. The molecule has 4 nitrogen and oxygen atoms in total. The van der Waals surface area contributed by atoms with E-state index in [2.05, 4.69) is 29.2 Å². The molecule has 21 heavy (non-hydrogen) atoms. The lowest BCUT2D eigenvalue weighted by atomic mass is 10.1. The van der Waals surface area contributed by atoms with E-state index in [1.54, 1.807) is 0 Å². The molecule has 1 aromatic carbocycles. The van der Waals surface area contributed by atoms with Crippen molar-refractivity contribution in [3.63, 3.8) is 0 Å². The van der Waals surface area contributed by atoms with Gasteiger partial charge in [0.25, 0.3) is 5.89 Å². The van der Waals surface area contributed by atoms with Crippen molar-refractivity contribution in [2.75, 3.05) is 18.1 Å². The highest BCUT2D eigenvalue weighted by Gasteiger charge is 2.28. The number of hydrogen-bond donors (Lipinski definition) is 1. The quantitative estimate of drug-likeness (QED) is 0.933. The van der Waals surface area contributed by atoms with Crippen LogP contribution in [0.3, 0.4) is 0 Å². The van der Waals surface area contributed by atoms with Crippen molar-refractivity contribution in [1.82, 2.24) is 10.1 Å². The molecule has 0 saturated carbocycles. The van der Waals surface area contributed by atoms with Gasteiger partial charge in [0, 0.05) is 22.3 Å². The number of hydrogen-bond acceptors (Lipinski definition) is 6. The van der Waals surface area contributed by atoms with Crippen LogP contribution in [0.15, 0.2) is 28.8 Å². The van der Waals surface area contributed by atoms with Gasteiger partial charge in [0.05, 0.1) is 5.25 Å². The van der Waals surface area contributed by atoms with Gasteiger partial charge in [-0.1, -0.05) is 24.2 Å². The van der Waals surface area contributed by atoms with Gasteiger partial charge in [0.2, 0.25) is 0 Å². The number of thioether (sulfide) groups is 2. The Hall–Kier alpha value is -0.980. The van der Waals surface area contributed by atoms with Gasteiger partial charge in [0.15, 0.2) is 5.82 Å². The molecule has 0 amide bonds. The second-order valence-corrected chi connectivity index (χ2v) is 7.80. The van der Waals surface area contributed by atoms with Gasteiger partial charge in [-0.3, -0.25) is 0 Å². The Morgan fingerprint density at radius 1 is 1.33 bits per heavy atom. The van der Waals surface area contributed by atoms with Crippen LogP contribution < -0.4 is 5.73 Å². The first-order chi connectivity index (χ1) is 10.3. The largest absolute Gasteiger partial charge is 0.334 e. The predicted molar refractivity (Wildman–Crippen MR) is 89.6 cm³/mol. The Kier molecular flexibility index (Phi) is 4.87. The molecule has 2 N–H and O–H groups in total. The van der Waals surface area contributed by atoms with Crippen LogP contribution in [0.1, 0.15) is 23.6 Å². The molecule has 2 aromatic rings. The summed E-state index contributed by atoms with van der Waals surface area (Å²) in [5.41, 5.74) is 7.78. The van der Waals surface area contributed by atoms with E-state index in [1.807, 2.05) is 35.7 Å². The molecule has 1 aliphatic heterocycles. The molecule has 1 fully saturated rings. The van der Waals surface area contributed by atoms with Crippen LogP contribution in [0.4, 0.5) is 0 Å². The number of nitrogens with two attached hydrogens (primary N) is 1. The Labute approximate surface area is 133 Å². The normalized spacial score (nSPS) is 22.4. The maximum Gasteiger partial charge on any atom is 0.257 e. The molecule has 2 unspecified atom stereocenters. The Morgan fingerprint density at radius 3 is 3.00 bits per heavy atom. The summed E-state index contributed by atoms with van der Waals surface area (Å²) in [5.74, 6) is 3.77. The van der Waals surface area contributed by atoms with E-state index < -0.39 is 0 Å². The SMILES string of the molecule is CC1SCCSC1c1noc(-c2cccc(CCN)c2)n1. The zero-order chi connectivity index (χ0) is 14.7. The first-order valence-electron chi connectivity index (χ1n) is 7.14. The van der Waals surface area contributed by atoms with Crippen LogP contribution in [0.5, 0.6) is 0 Å². The minimum atomic E-state index is 0.327. The Bertz CT molecular complexity index is 602. The molecule has 1 aliphatic rings. The topological polar surface area (TPSA) is 64.9 Å². The van der Waals surface area contributed by atoms with Crippen LogP contribution in [0.2, 0.25) is 0 Å². The second-order valence-electron chi connectivity index (χ2n) is 5.06. The fourth-order valence-electron chi connectivity index (χ4n) is 2.41. The van der Waals surface area contributed by atoms with E-state index >= 15 is 0 Å². The lowest BCUT2D eigenvalue weighted by Gasteiger charge is -2.24. The van der Waals surface area contributed by atoms with Crippen molar-refractivity contribution in [3.8, 4) is 11.5 Å². The molecule has 0 bridgehead atoms. The van der Waals surface area contributed by atoms with Crippen LogP contribution in [0, 0.1) is 0 Å². The van der Waals surface area contributed by atoms with Crippen molar-refractivity contribution in [2.45, 2.75) is 23.8 Å². The highest BCUT2D eigenvalue weighted by atomic mass is 32.2. The van der Waals surface area contributed by atoms with Gasteiger partial charge in [-0.15, -0.1) is 11.8 Å². The van der Waals surface area contributed by atoms with E-state index in [0.29, 0.717) is 22.9 Å². The first kappa shape index (κ1) is 14.9. The fourth-order valence-corrected chi connectivity index (χ4v) is 5.09. The summed E-state index contributed by atoms with van der Waals surface area (Å²) in [6.45, 7) is 2.88. The number of nitrogens with zero attached hydrogens (tertiary/aromatic N) is 2. The molecule has 112 valence electrons. The molecule has 0 radical (unpaired) electrons. The average Bonchev–Trinajstić information content (AvgIpc) is 2.98. The van der Waals surface area contributed by atoms with Crippen LogP contribution in [-0.2, 0) is 6.42 Å². The van der Waals surface area contributed by atoms with Gasteiger partial charge in [-0.25, -0.2) is 0 Å². The summed E-state index contributed by atoms with van der Waals surface area (Å²) in [5, 5.41) is 5.05. The summed E-state index contributed by atoms with van der Waals surface area (Å²) in [6.07, 6.45) is 0.862. The zero-order valence-corrected chi connectivity index (χ0v) is 13.6. The number of rotatable bonds is 4. The van der Waals surface area contributed by atoms with Crippen molar-refractivity contribution in [1.29, 1.82) is 0 Å². The van der Waals surface area contributed by atoms with Crippen LogP contribution >= 0.6 is 23.5 Å². The predicted octanol–water partition coefficient (Wildman–Crippen LogP) is 3.15. The highest BCUT2D eigenvalue weighted by Crippen LogP contribution is 2.41. The van der Waals surface area contributed by atoms with Crippen molar-refractivity contribution < 1.29 is 4.52 Å². The standard InChI is InChI=1S/C15H19N3OS2/c1-10-13(21-8-7-20-10)14-17-15(19-18-14)12-4-2-3-11(9-12)5-6-16/h2-4,9-10,13H,5-8,16H2,1H3. The maximum absolute atomic E-state index is 5.61. The van der Waals surface area contributed by atoms with Crippen molar-refractivity contribution >= 4 is 23.5 Å². The first-order valence-corrected chi connectivity index (χ1v) is 9.24. The highest BCUT2D eigenvalue weighted by molar-refractivity contribution is 8.06. The summed E-state index contributed by atoms with van der Waals surface area (Å²) in [4.78, 5) is 4.61. The molecule has 0 aliphatic carbocycles. The molecule has 0 spiro atoms. The molecule has 1 aromatic heterocycles. The fraction of sp³-hybridized carbons (Fsp3) is 0.467. The molecular formula is C15H19N3OS2. The lowest BCUT2D eigenvalue weighted by Crippen LogP contribution is -2.16. The van der Waals surface area contributed by atoms with Gasteiger partial charge in [0.1, 0.15) is 0 Å². The summed E-state index contributed by atoms with van der Waals surface area (Å²) in [7, 11) is 0. The van der Waals surface area contributed by atoms with Gasteiger partial charge in [-0.05, 0) is 30.7 Å². The van der Waals surface area contributed by atoms with Crippen LogP contribution in [-0.4, -0.2) is 33.4 Å². The van der Waals surface area contributed by atoms with Crippen molar-refractivity contribution in [2.24, 2.45) is 5.73 Å². The Balaban J connectivity index is 1.82. The number of benzene rings is 1. The molecule has 6 heteroatoms. The van der Waals surface area contributed by atoms with Gasteiger partial charge < -0.3 is 10.3 Å². The van der Waals surface area contributed by atoms with Crippen molar-refractivity contribution in [3.05, 3.63) is 35.7 Å². The summed E-state index contributed by atoms with van der Waals surface area (Å²) in [6, 6.07) is 8.17. The lowest BCUT2D eigenvalue weighted by molar-refractivity contribution is 0.421. The molecule has 2 atom stereocenters. The third-order valence-electron chi connectivity index (χ3n) is 3.49. The van der Waals surface area contributed by atoms with E-state index in [4.69, 9.17) is 10.3 Å². The van der Waals surface area contributed by atoms with E-state index in [1.165, 1.54) is 11.3 Å². The number of aromatic nitrogens is 2. The van der Waals surface area contributed by atoms with Gasteiger partial charge in [-0.2, -0.15) is 16.7 Å². The minimum Gasteiger partial charge on any atom is -0.334 e. The van der Waals surface area contributed by atoms with E-state index in [0.717, 1.165) is 23.6 Å². The minimum absolute atomic E-state index is 0.327. The zero-order valence-electron chi connectivity index (χ0n) is 12.0. The van der Waals surface area contributed by atoms with Gasteiger partial charge >= 0.3 is 0 Å².